The molecule has 0 saturated heterocycles. The molecule has 0 saturated carbocycles. The molecule has 2 atom stereocenters. The first-order valence-electron chi connectivity index (χ1n) is 6.23. The summed E-state index contributed by atoms with van der Waals surface area (Å²) in [4.78, 5) is 13.7. The maximum absolute atomic E-state index is 12.2. The molecule has 0 aliphatic heterocycles. The number of carbonyl (C=O) groups is 1. The summed E-state index contributed by atoms with van der Waals surface area (Å²) in [5, 5.41) is 9.63. The van der Waals surface area contributed by atoms with Gasteiger partial charge in [0.2, 0.25) is 5.91 Å². The van der Waals surface area contributed by atoms with Gasteiger partial charge in [-0.2, -0.15) is 0 Å². The molecule has 5 nitrogen and oxygen atoms in total. The summed E-state index contributed by atoms with van der Waals surface area (Å²) in [7, 11) is 3.18. The predicted octanol–water partition coefficient (Wildman–Crippen LogP) is 0.838. The fourth-order valence-corrected chi connectivity index (χ4v) is 1.95. The zero-order chi connectivity index (χ0) is 14.4. The van der Waals surface area contributed by atoms with Crippen LogP contribution in [0, 0.1) is 0 Å². The molecule has 106 valence electrons. The zero-order valence-corrected chi connectivity index (χ0v) is 11.7. The molecule has 1 aromatic carbocycles. The van der Waals surface area contributed by atoms with Gasteiger partial charge < -0.3 is 20.5 Å². The smallest absolute Gasteiger partial charge is 0.229 e. The number of nitrogens with zero attached hydrogens (tertiary/aromatic N) is 1. The van der Waals surface area contributed by atoms with E-state index in [1.54, 1.807) is 19.2 Å². The molecule has 19 heavy (non-hydrogen) atoms. The van der Waals surface area contributed by atoms with Crippen LogP contribution in [-0.4, -0.2) is 49.3 Å². The molecular weight excluding hydrogens is 244 g/mol. The topological polar surface area (TPSA) is 75.8 Å². The van der Waals surface area contributed by atoms with E-state index in [0.717, 1.165) is 5.56 Å². The van der Waals surface area contributed by atoms with Gasteiger partial charge in [-0.3, -0.25) is 4.79 Å². The molecule has 1 amide bonds. The van der Waals surface area contributed by atoms with Crippen molar-refractivity contribution in [1.29, 1.82) is 0 Å². The third kappa shape index (κ3) is 4.54. The van der Waals surface area contributed by atoms with Gasteiger partial charge in [0.25, 0.3) is 0 Å². The largest absolute Gasteiger partial charge is 0.399 e. The number of aliphatic hydroxyl groups excluding tert-OH is 1. The van der Waals surface area contributed by atoms with E-state index in [1.807, 2.05) is 19.1 Å². The Hall–Kier alpha value is -1.59. The summed E-state index contributed by atoms with van der Waals surface area (Å²) >= 11 is 0. The van der Waals surface area contributed by atoms with E-state index in [2.05, 4.69) is 0 Å². The van der Waals surface area contributed by atoms with E-state index in [-0.39, 0.29) is 25.0 Å². The minimum absolute atomic E-state index is 0.0549. The van der Waals surface area contributed by atoms with Crippen LogP contribution < -0.4 is 5.73 Å². The Kier molecular flexibility index (Phi) is 5.79. The van der Waals surface area contributed by atoms with Gasteiger partial charge in [-0.15, -0.1) is 0 Å². The van der Waals surface area contributed by atoms with Crippen LogP contribution in [-0.2, 0) is 9.53 Å². The number of anilines is 1. The molecule has 0 fully saturated rings. The van der Waals surface area contributed by atoms with Crippen molar-refractivity contribution in [1.82, 2.24) is 4.90 Å². The Bertz CT molecular complexity index is 423. The number of likely N-dealkylation sites (N-methyl/N-ethyl adjacent to an activating group) is 1. The SMILES string of the molecule is COCC(O)CN(C)C(=O)C(C)c1cccc(N)c1. The molecule has 0 bridgehead atoms. The number of rotatable bonds is 6. The van der Waals surface area contributed by atoms with Crippen molar-refractivity contribution in [3.8, 4) is 0 Å². The highest BCUT2D eigenvalue weighted by Crippen LogP contribution is 2.19. The van der Waals surface area contributed by atoms with Crippen LogP contribution in [0.3, 0.4) is 0 Å². The molecule has 0 radical (unpaired) electrons. The standard InChI is InChI=1S/C14H22N2O3/c1-10(11-5-4-6-12(15)7-11)14(18)16(2)8-13(17)9-19-3/h4-7,10,13,17H,8-9,15H2,1-3H3. The highest BCUT2D eigenvalue weighted by atomic mass is 16.5. The molecule has 5 heteroatoms. The molecule has 1 rings (SSSR count). The van der Waals surface area contributed by atoms with Gasteiger partial charge in [0, 0.05) is 26.4 Å². The number of methoxy groups -OCH3 is 1. The second kappa shape index (κ2) is 7.11. The van der Waals surface area contributed by atoms with Crippen molar-refractivity contribution in [3.63, 3.8) is 0 Å². The summed E-state index contributed by atoms with van der Waals surface area (Å²) in [6.07, 6.45) is -0.674. The second-order valence-electron chi connectivity index (χ2n) is 4.72. The normalized spacial score (nSPS) is 13.9. The van der Waals surface area contributed by atoms with Crippen molar-refractivity contribution in [3.05, 3.63) is 29.8 Å². The summed E-state index contributed by atoms with van der Waals surface area (Å²) in [6.45, 7) is 2.29. The Morgan fingerprint density at radius 2 is 2.21 bits per heavy atom. The number of aliphatic hydroxyl groups is 1. The first-order chi connectivity index (χ1) is 8.95. The average Bonchev–Trinajstić information content (AvgIpc) is 2.37. The maximum Gasteiger partial charge on any atom is 0.229 e. The highest BCUT2D eigenvalue weighted by Gasteiger charge is 2.21. The van der Waals surface area contributed by atoms with E-state index in [0.29, 0.717) is 5.69 Å². The number of hydrogen-bond acceptors (Lipinski definition) is 4. The van der Waals surface area contributed by atoms with E-state index in [9.17, 15) is 9.90 Å². The lowest BCUT2D eigenvalue weighted by atomic mass is 9.99. The quantitative estimate of drug-likeness (QED) is 0.748. The Labute approximate surface area is 114 Å². The van der Waals surface area contributed by atoms with Crippen molar-refractivity contribution >= 4 is 11.6 Å². The fourth-order valence-electron chi connectivity index (χ4n) is 1.95. The second-order valence-corrected chi connectivity index (χ2v) is 4.72. The van der Waals surface area contributed by atoms with Crippen LogP contribution >= 0.6 is 0 Å². The molecule has 0 spiro atoms. The monoisotopic (exact) mass is 266 g/mol. The molecule has 0 aliphatic rings. The Balaban J connectivity index is 2.66. The summed E-state index contributed by atoms with van der Waals surface area (Å²) in [5.41, 5.74) is 7.22. The number of nitrogens with two attached hydrogens (primary N) is 1. The molecule has 0 aromatic heterocycles. The first kappa shape index (κ1) is 15.5. The molecule has 1 aromatic rings. The molecule has 0 aliphatic carbocycles. The van der Waals surface area contributed by atoms with E-state index >= 15 is 0 Å². The lowest BCUT2D eigenvalue weighted by molar-refractivity contribution is -0.132. The predicted molar refractivity (Wildman–Crippen MR) is 74.8 cm³/mol. The summed E-state index contributed by atoms with van der Waals surface area (Å²) < 4.78 is 4.84. The fraction of sp³-hybridized carbons (Fsp3) is 0.500. The zero-order valence-electron chi connectivity index (χ0n) is 11.7. The Morgan fingerprint density at radius 1 is 1.53 bits per heavy atom. The van der Waals surface area contributed by atoms with Crippen molar-refractivity contribution < 1.29 is 14.6 Å². The summed E-state index contributed by atoms with van der Waals surface area (Å²) in [6, 6.07) is 7.28. The minimum Gasteiger partial charge on any atom is -0.399 e. The van der Waals surface area contributed by atoms with Crippen LogP contribution in [0.1, 0.15) is 18.4 Å². The Morgan fingerprint density at radius 3 is 2.79 bits per heavy atom. The van der Waals surface area contributed by atoms with E-state index < -0.39 is 6.10 Å². The molecule has 0 heterocycles. The lowest BCUT2D eigenvalue weighted by Gasteiger charge is -2.24. The van der Waals surface area contributed by atoms with Crippen LogP contribution in [0.4, 0.5) is 5.69 Å². The number of nitrogen functional groups attached to an aromatic ring is 1. The summed E-state index contributed by atoms with van der Waals surface area (Å²) in [5.74, 6) is -0.344. The number of ether oxygens (including phenoxy) is 1. The van der Waals surface area contributed by atoms with Crippen molar-refractivity contribution in [2.24, 2.45) is 0 Å². The van der Waals surface area contributed by atoms with Gasteiger partial charge >= 0.3 is 0 Å². The molecule has 3 N–H and O–H groups in total. The average molecular weight is 266 g/mol. The van der Waals surface area contributed by atoms with E-state index in [1.165, 1.54) is 12.0 Å². The van der Waals surface area contributed by atoms with Crippen molar-refractivity contribution in [2.45, 2.75) is 18.9 Å². The number of benzene rings is 1. The number of amides is 1. The van der Waals surface area contributed by atoms with Crippen LogP contribution in [0.5, 0.6) is 0 Å². The third-order valence-electron chi connectivity index (χ3n) is 3.00. The number of hydrogen-bond donors (Lipinski definition) is 2. The van der Waals surface area contributed by atoms with Gasteiger partial charge in [0.05, 0.1) is 18.6 Å². The third-order valence-corrected chi connectivity index (χ3v) is 3.00. The first-order valence-corrected chi connectivity index (χ1v) is 6.23. The maximum atomic E-state index is 12.2. The molecular formula is C14H22N2O3. The number of carbonyl (C=O) groups excluding carboxylic acids is 1. The van der Waals surface area contributed by atoms with Gasteiger partial charge in [-0.25, -0.2) is 0 Å². The van der Waals surface area contributed by atoms with Gasteiger partial charge in [-0.1, -0.05) is 12.1 Å². The van der Waals surface area contributed by atoms with Crippen LogP contribution in [0.15, 0.2) is 24.3 Å². The van der Waals surface area contributed by atoms with Gasteiger partial charge in [0.1, 0.15) is 0 Å². The minimum atomic E-state index is -0.674. The van der Waals surface area contributed by atoms with Crippen LogP contribution in [0.25, 0.3) is 0 Å². The van der Waals surface area contributed by atoms with Gasteiger partial charge in [-0.05, 0) is 24.6 Å². The molecule has 2 unspecified atom stereocenters. The lowest BCUT2D eigenvalue weighted by Crippen LogP contribution is -2.38. The van der Waals surface area contributed by atoms with Crippen LogP contribution in [0.2, 0.25) is 0 Å². The van der Waals surface area contributed by atoms with E-state index in [4.69, 9.17) is 10.5 Å². The highest BCUT2D eigenvalue weighted by molar-refractivity contribution is 5.83. The van der Waals surface area contributed by atoms with Gasteiger partial charge in [0.15, 0.2) is 0 Å². The van der Waals surface area contributed by atoms with Crippen molar-refractivity contribution in [2.75, 3.05) is 33.0 Å².